The molecular formula is C21H24N2O5. The number of hydrogen-bond donors (Lipinski definition) is 1. The molecule has 7 heteroatoms. The van der Waals surface area contributed by atoms with Crippen LogP contribution in [0.3, 0.4) is 0 Å². The molecule has 0 unspecified atom stereocenters. The van der Waals surface area contributed by atoms with Crippen LogP contribution in [-0.4, -0.2) is 44.6 Å². The van der Waals surface area contributed by atoms with Gasteiger partial charge in [-0.25, -0.2) is 4.79 Å². The Balaban J connectivity index is 1.96. The fourth-order valence-corrected chi connectivity index (χ4v) is 2.59. The summed E-state index contributed by atoms with van der Waals surface area (Å²) >= 11 is 0. The molecule has 2 aromatic carbocycles. The molecule has 0 aliphatic rings. The minimum Gasteiger partial charge on any atom is -0.497 e. The zero-order valence-electron chi connectivity index (χ0n) is 16.2. The molecule has 0 aliphatic carbocycles. The molecule has 2 amide bonds. The van der Waals surface area contributed by atoms with E-state index in [4.69, 9.17) is 9.47 Å². The third-order valence-corrected chi connectivity index (χ3v) is 4.04. The topological polar surface area (TPSA) is 84.9 Å². The van der Waals surface area contributed by atoms with Gasteiger partial charge in [-0.1, -0.05) is 0 Å². The lowest BCUT2D eigenvalue weighted by Gasteiger charge is -2.21. The van der Waals surface area contributed by atoms with Gasteiger partial charge in [0.15, 0.2) is 0 Å². The van der Waals surface area contributed by atoms with E-state index in [-0.39, 0.29) is 18.4 Å². The Labute approximate surface area is 164 Å². The molecule has 28 heavy (non-hydrogen) atoms. The van der Waals surface area contributed by atoms with Crippen LogP contribution in [0.5, 0.6) is 5.75 Å². The van der Waals surface area contributed by atoms with Gasteiger partial charge in [-0.15, -0.1) is 0 Å². The number of hydrogen-bond acceptors (Lipinski definition) is 5. The average Bonchev–Trinajstić information content (AvgIpc) is 2.71. The molecule has 0 atom stereocenters. The van der Waals surface area contributed by atoms with E-state index in [1.54, 1.807) is 62.6 Å². The Bertz CT molecular complexity index is 816. The molecule has 0 bridgehead atoms. The third kappa shape index (κ3) is 5.57. The Morgan fingerprint density at radius 2 is 1.57 bits per heavy atom. The van der Waals surface area contributed by atoms with Gasteiger partial charge in [-0.2, -0.15) is 0 Å². The molecule has 0 spiro atoms. The molecule has 2 rings (SSSR count). The monoisotopic (exact) mass is 384 g/mol. The van der Waals surface area contributed by atoms with Crippen LogP contribution in [0.25, 0.3) is 0 Å². The number of nitrogens with one attached hydrogen (secondary N) is 1. The lowest BCUT2D eigenvalue weighted by molar-refractivity contribution is -0.116. The zero-order chi connectivity index (χ0) is 20.5. The first-order valence-electron chi connectivity index (χ1n) is 8.93. The summed E-state index contributed by atoms with van der Waals surface area (Å²) in [6.45, 7) is 4.07. The maximum atomic E-state index is 12.2. The minimum atomic E-state index is -0.407. The minimum absolute atomic E-state index is 0.164. The summed E-state index contributed by atoms with van der Waals surface area (Å²) in [6, 6.07) is 13.3. The fourth-order valence-electron chi connectivity index (χ4n) is 2.59. The molecule has 2 aromatic rings. The number of benzene rings is 2. The van der Waals surface area contributed by atoms with Crippen molar-refractivity contribution in [2.24, 2.45) is 0 Å². The second kappa shape index (κ2) is 10.1. The molecule has 0 saturated carbocycles. The van der Waals surface area contributed by atoms with E-state index in [9.17, 15) is 14.4 Å². The highest BCUT2D eigenvalue weighted by atomic mass is 16.5. The molecule has 0 radical (unpaired) electrons. The van der Waals surface area contributed by atoms with Crippen molar-refractivity contribution in [3.63, 3.8) is 0 Å². The van der Waals surface area contributed by atoms with Crippen LogP contribution in [-0.2, 0) is 9.53 Å². The van der Waals surface area contributed by atoms with Crippen molar-refractivity contribution in [2.75, 3.05) is 31.7 Å². The van der Waals surface area contributed by atoms with Gasteiger partial charge in [0.2, 0.25) is 5.91 Å². The summed E-state index contributed by atoms with van der Waals surface area (Å²) in [5.74, 6) is -0.132. The predicted octanol–water partition coefficient (Wildman–Crippen LogP) is 2.65. The van der Waals surface area contributed by atoms with Crippen LogP contribution < -0.4 is 15.0 Å². The summed E-state index contributed by atoms with van der Waals surface area (Å²) in [4.78, 5) is 37.5. The van der Waals surface area contributed by atoms with Crippen LogP contribution in [0.2, 0.25) is 0 Å². The van der Waals surface area contributed by atoms with E-state index in [2.05, 4.69) is 5.32 Å². The first-order valence-corrected chi connectivity index (χ1v) is 8.93. The highest BCUT2D eigenvalue weighted by molar-refractivity contribution is 5.95. The number of carbonyl (C=O) groups is 3. The fraction of sp³-hybridized carbons (Fsp3) is 0.286. The maximum Gasteiger partial charge on any atom is 0.338 e. The lowest BCUT2D eigenvalue weighted by Crippen LogP contribution is -2.37. The van der Waals surface area contributed by atoms with Gasteiger partial charge in [0.25, 0.3) is 5.91 Å². The van der Waals surface area contributed by atoms with Crippen molar-refractivity contribution >= 4 is 23.5 Å². The number of carbonyl (C=O) groups excluding carboxylic acids is 3. The van der Waals surface area contributed by atoms with E-state index in [1.807, 2.05) is 0 Å². The predicted molar refractivity (Wildman–Crippen MR) is 106 cm³/mol. The summed E-state index contributed by atoms with van der Waals surface area (Å²) in [5, 5.41) is 2.79. The van der Waals surface area contributed by atoms with Gasteiger partial charge in [-0.3, -0.25) is 9.59 Å². The molecule has 0 fully saturated rings. The second-order valence-corrected chi connectivity index (χ2v) is 5.92. The Morgan fingerprint density at radius 3 is 2.11 bits per heavy atom. The molecule has 0 aromatic heterocycles. The Morgan fingerprint density at radius 1 is 0.964 bits per heavy atom. The van der Waals surface area contributed by atoms with Crippen LogP contribution in [0, 0.1) is 0 Å². The number of methoxy groups -OCH3 is 1. The van der Waals surface area contributed by atoms with Gasteiger partial charge in [0, 0.05) is 31.3 Å². The van der Waals surface area contributed by atoms with Gasteiger partial charge in [0.1, 0.15) is 5.75 Å². The largest absolute Gasteiger partial charge is 0.497 e. The molecular weight excluding hydrogens is 360 g/mol. The van der Waals surface area contributed by atoms with E-state index in [0.717, 1.165) is 0 Å². The highest BCUT2D eigenvalue weighted by Crippen LogP contribution is 2.16. The highest BCUT2D eigenvalue weighted by Gasteiger charge is 2.14. The average molecular weight is 384 g/mol. The number of amides is 2. The second-order valence-electron chi connectivity index (χ2n) is 5.92. The molecule has 0 heterocycles. The van der Waals surface area contributed by atoms with Crippen molar-refractivity contribution in [1.82, 2.24) is 5.32 Å². The Hall–Kier alpha value is -3.35. The molecule has 0 aliphatic heterocycles. The normalized spacial score (nSPS) is 10.1. The third-order valence-electron chi connectivity index (χ3n) is 4.04. The number of nitrogens with zero attached hydrogens (tertiary/aromatic N) is 1. The quantitative estimate of drug-likeness (QED) is 0.708. The van der Waals surface area contributed by atoms with Crippen LogP contribution in [0.1, 0.15) is 34.6 Å². The first-order chi connectivity index (χ1) is 13.5. The SMILES string of the molecule is CCOC(=O)c1ccc(N(CCNC(=O)c2ccc(OC)cc2)C(C)=O)cc1. The van der Waals surface area contributed by atoms with Gasteiger partial charge < -0.3 is 19.7 Å². The summed E-state index contributed by atoms with van der Waals surface area (Å²) in [7, 11) is 1.56. The smallest absolute Gasteiger partial charge is 0.338 e. The van der Waals surface area contributed by atoms with E-state index < -0.39 is 5.97 Å². The number of anilines is 1. The maximum absolute atomic E-state index is 12.2. The van der Waals surface area contributed by atoms with Crippen LogP contribution in [0.15, 0.2) is 48.5 Å². The van der Waals surface area contributed by atoms with Crippen LogP contribution >= 0.6 is 0 Å². The van der Waals surface area contributed by atoms with Crippen molar-refractivity contribution < 1.29 is 23.9 Å². The lowest BCUT2D eigenvalue weighted by atomic mass is 10.2. The molecule has 148 valence electrons. The van der Waals surface area contributed by atoms with Crippen molar-refractivity contribution in [3.8, 4) is 5.75 Å². The van der Waals surface area contributed by atoms with Crippen molar-refractivity contribution in [2.45, 2.75) is 13.8 Å². The molecule has 0 saturated heterocycles. The molecule has 1 N–H and O–H groups in total. The number of esters is 1. The first kappa shape index (κ1) is 21.0. The summed E-state index contributed by atoms with van der Waals surface area (Å²) in [5.41, 5.74) is 1.56. The molecule has 7 nitrogen and oxygen atoms in total. The standard InChI is InChI=1S/C21H24N2O5/c1-4-28-21(26)17-5-9-18(10-6-17)23(15(2)24)14-13-22-20(25)16-7-11-19(27-3)12-8-16/h5-12H,4,13-14H2,1-3H3,(H,22,25). The van der Waals surface area contributed by atoms with Crippen LogP contribution in [0.4, 0.5) is 5.69 Å². The number of rotatable bonds is 8. The van der Waals surface area contributed by atoms with E-state index >= 15 is 0 Å². The number of ether oxygens (including phenoxy) is 2. The van der Waals surface area contributed by atoms with Crippen molar-refractivity contribution in [1.29, 1.82) is 0 Å². The van der Waals surface area contributed by atoms with Crippen molar-refractivity contribution in [3.05, 3.63) is 59.7 Å². The Kier molecular flexibility index (Phi) is 7.56. The summed E-state index contributed by atoms with van der Waals surface area (Å²) in [6.07, 6.45) is 0. The van der Waals surface area contributed by atoms with Gasteiger partial charge in [0.05, 0.1) is 19.3 Å². The van der Waals surface area contributed by atoms with Gasteiger partial charge >= 0.3 is 5.97 Å². The van der Waals surface area contributed by atoms with Gasteiger partial charge in [-0.05, 0) is 55.5 Å². The van der Waals surface area contributed by atoms with E-state index in [0.29, 0.717) is 35.7 Å². The summed E-state index contributed by atoms with van der Waals surface area (Å²) < 4.78 is 10.0. The van der Waals surface area contributed by atoms with E-state index in [1.165, 1.54) is 11.8 Å². The zero-order valence-corrected chi connectivity index (χ0v) is 16.2.